The lowest BCUT2D eigenvalue weighted by Gasteiger charge is -2.21. The van der Waals surface area contributed by atoms with E-state index in [1.165, 1.54) is 0 Å². The Morgan fingerprint density at radius 1 is 1.15 bits per heavy atom. The van der Waals surface area contributed by atoms with E-state index in [4.69, 9.17) is 21.1 Å². The fourth-order valence-electron chi connectivity index (χ4n) is 2.65. The van der Waals surface area contributed by atoms with Gasteiger partial charge in [-0.05, 0) is 30.2 Å². The molecule has 0 atom stereocenters. The van der Waals surface area contributed by atoms with E-state index in [0.717, 1.165) is 11.1 Å². The van der Waals surface area contributed by atoms with Crippen LogP contribution in [0, 0.1) is 0 Å². The molecule has 1 heterocycles. The minimum atomic E-state index is -0.492. The minimum absolute atomic E-state index is 0.00797. The monoisotopic (exact) mass is 386 g/mol. The number of amides is 2. The molecule has 2 aromatic rings. The van der Waals surface area contributed by atoms with Gasteiger partial charge in [-0.3, -0.25) is 0 Å². The largest absolute Gasteiger partial charge is 0.486 e. The van der Waals surface area contributed by atoms with Crippen LogP contribution in [-0.4, -0.2) is 31.8 Å². The van der Waals surface area contributed by atoms with Crippen molar-refractivity contribution in [3.05, 3.63) is 64.8 Å². The smallest absolute Gasteiger partial charge is 0.337 e. The van der Waals surface area contributed by atoms with Crippen LogP contribution in [0.15, 0.2) is 59.8 Å². The third kappa shape index (κ3) is 4.60. The van der Waals surface area contributed by atoms with Crippen LogP contribution in [0.2, 0.25) is 5.02 Å². The molecule has 7 heteroatoms. The zero-order valence-electron chi connectivity index (χ0n) is 14.8. The third-order valence-corrected chi connectivity index (χ3v) is 4.28. The Labute approximate surface area is 162 Å². The van der Waals surface area contributed by atoms with Crippen LogP contribution in [0.5, 0.6) is 5.75 Å². The van der Waals surface area contributed by atoms with Gasteiger partial charge in [-0.15, -0.1) is 0 Å². The summed E-state index contributed by atoms with van der Waals surface area (Å²) in [5.41, 5.74) is 2.70. The Morgan fingerprint density at radius 2 is 1.93 bits per heavy atom. The lowest BCUT2D eigenvalue weighted by molar-refractivity contribution is -0.138. The second-order valence-corrected chi connectivity index (χ2v) is 6.19. The van der Waals surface area contributed by atoms with Gasteiger partial charge in [0, 0.05) is 0 Å². The summed E-state index contributed by atoms with van der Waals surface area (Å²) in [5, 5.41) is 5.58. The van der Waals surface area contributed by atoms with E-state index in [9.17, 15) is 9.59 Å². The average Bonchev–Trinajstić information content (AvgIpc) is 2.68. The number of benzene rings is 2. The molecule has 3 rings (SSSR count). The van der Waals surface area contributed by atoms with E-state index in [1.807, 2.05) is 42.5 Å². The highest BCUT2D eigenvalue weighted by Crippen LogP contribution is 2.30. The van der Waals surface area contributed by atoms with E-state index in [2.05, 4.69) is 10.6 Å². The molecule has 1 aliphatic heterocycles. The molecule has 6 nitrogen and oxygen atoms in total. The van der Waals surface area contributed by atoms with Crippen molar-refractivity contribution in [1.82, 2.24) is 10.6 Å². The van der Waals surface area contributed by atoms with Crippen molar-refractivity contribution in [2.24, 2.45) is 0 Å². The fraction of sp³-hybridized carbons (Fsp3) is 0.200. The van der Waals surface area contributed by atoms with E-state index in [1.54, 1.807) is 13.0 Å². The van der Waals surface area contributed by atoms with Gasteiger partial charge in [-0.1, -0.05) is 48.0 Å². The molecule has 0 radical (unpaired) electrons. The lowest BCUT2D eigenvalue weighted by atomic mass is 10.1. The number of halogens is 1. The van der Waals surface area contributed by atoms with E-state index >= 15 is 0 Å². The number of hydrogen-bond donors (Lipinski definition) is 2. The molecule has 0 spiro atoms. The number of esters is 1. The maximum absolute atomic E-state index is 12.0. The maximum atomic E-state index is 12.0. The molecule has 0 saturated carbocycles. The van der Waals surface area contributed by atoms with Gasteiger partial charge in [0.25, 0.3) is 0 Å². The first-order valence-electron chi connectivity index (χ1n) is 8.50. The number of ether oxygens (including phenoxy) is 2. The molecule has 0 fully saturated rings. The molecular weight excluding hydrogens is 368 g/mol. The molecule has 0 aliphatic carbocycles. The normalized spacial score (nSPS) is 13.6. The summed E-state index contributed by atoms with van der Waals surface area (Å²) in [4.78, 5) is 23.6. The Hall–Kier alpha value is -2.99. The summed E-state index contributed by atoms with van der Waals surface area (Å²) in [6.07, 6.45) is 0. The topological polar surface area (TPSA) is 76.7 Å². The summed E-state index contributed by atoms with van der Waals surface area (Å²) < 4.78 is 10.8. The van der Waals surface area contributed by atoms with Gasteiger partial charge in [0.2, 0.25) is 0 Å². The zero-order valence-corrected chi connectivity index (χ0v) is 15.5. The first-order chi connectivity index (χ1) is 13.1. The van der Waals surface area contributed by atoms with Crippen molar-refractivity contribution in [2.45, 2.75) is 6.92 Å². The Balaban J connectivity index is 1.76. The molecule has 27 heavy (non-hydrogen) atoms. The number of hydrogen-bond acceptors (Lipinski definition) is 4. The van der Waals surface area contributed by atoms with Crippen molar-refractivity contribution in [1.29, 1.82) is 0 Å². The first kappa shape index (κ1) is 18.8. The summed E-state index contributed by atoms with van der Waals surface area (Å²) in [6.45, 7) is 2.05. The highest BCUT2D eigenvalue weighted by molar-refractivity contribution is 6.32. The highest BCUT2D eigenvalue weighted by Gasteiger charge is 2.24. The third-order valence-electron chi connectivity index (χ3n) is 3.99. The summed E-state index contributed by atoms with van der Waals surface area (Å²) in [6, 6.07) is 14.9. The Morgan fingerprint density at radius 3 is 2.63 bits per heavy atom. The van der Waals surface area contributed by atoms with Crippen molar-refractivity contribution >= 4 is 23.6 Å². The molecule has 0 unspecified atom stereocenters. The molecule has 2 N–H and O–H groups in total. The SMILES string of the molecule is CCOC(=O)C1=C(COc2ccc(-c3ccccc3)cc2Cl)NC(=O)NC1. The number of carbonyl (C=O) groups excluding carboxylic acids is 2. The van der Waals surface area contributed by atoms with Gasteiger partial charge < -0.3 is 20.1 Å². The van der Waals surface area contributed by atoms with E-state index in [-0.39, 0.29) is 19.8 Å². The summed E-state index contributed by atoms with van der Waals surface area (Å²) in [5.74, 6) is -0.0334. The summed E-state index contributed by atoms with van der Waals surface area (Å²) in [7, 11) is 0. The molecule has 140 valence electrons. The number of carbonyl (C=O) groups is 2. The lowest BCUT2D eigenvalue weighted by Crippen LogP contribution is -2.45. The number of urea groups is 1. The average molecular weight is 387 g/mol. The fourth-order valence-corrected chi connectivity index (χ4v) is 2.88. The van der Waals surface area contributed by atoms with Crippen molar-refractivity contribution in [3.8, 4) is 16.9 Å². The minimum Gasteiger partial charge on any atom is -0.486 e. The highest BCUT2D eigenvalue weighted by atomic mass is 35.5. The van der Waals surface area contributed by atoms with Crippen LogP contribution in [0.1, 0.15) is 6.92 Å². The van der Waals surface area contributed by atoms with E-state index < -0.39 is 12.0 Å². The van der Waals surface area contributed by atoms with Crippen molar-refractivity contribution < 1.29 is 19.1 Å². The predicted octanol–water partition coefficient (Wildman–Crippen LogP) is 3.52. The summed E-state index contributed by atoms with van der Waals surface area (Å²) >= 11 is 6.34. The van der Waals surface area contributed by atoms with Crippen molar-refractivity contribution in [2.75, 3.05) is 19.8 Å². The van der Waals surface area contributed by atoms with Crippen LogP contribution < -0.4 is 15.4 Å². The second-order valence-electron chi connectivity index (χ2n) is 5.79. The van der Waals surface area contributed by atoms with E-state index in [0.29, 0.717) is 22.0 Å². The Bertz CT molecular complexity index is 881. The van der Waals surface area contributed by atoms with Crippen LogP contribution >= 0.6 is 11.6 Å². The van der Waals surface area contributed by atoms with Crippen LogP contribution in [0.4, 0.5) is 4.79 Å². The molecule has 2 aromatic carbocycles. The maximum Gasteiger partial charge on any atom is 0.337 e. The molecule has 0 bridgehead atoms. The Kier molecular flexibility index (Phi) is 5.98. The first-order valence-corrected chi connectivity index (χ1v) is 8.88. The van der Waals surface area contributed by atoms with Gasteiger partial charge in [0.1, 0.15) is 12.4 Å². The molecule has 2 amide bonds. The number of nitrogens with one attached hydrogen (secondary N) is 2. The second kappa shape index (κ2) is 8.60. The molecule has 0 aromatic heterocycles. The van der Waals surface area contributed by atoms with Crippen molar-refractivity contribution in [3.63, 3.8) is 0 Å². The van der Waals surface area contributed by atoms with Gasteiger partial charge in [-0.2, -0.15) is 0 Å². The predicted molar refractivity (Wildman–Crippen MR) is 103 cm³/mol. The standard InChI is InChI=1S/C20H19ClN2O4/c1-2-26-19(24)15-11-22-20(25)23-17(15)12-27-18-9-8-14(10-16(18)21)13-6-4-3-5-7-13/h3-10H,2,11-12H2,1H3,(H2,22,23,25). The van der Waals surface area contributed by atoms with Gasteiger partial charge in [0.05, 0.1) is 29.4 Å². The number of rotatable bonds is 6. The quantitative estimate of drug-likeness (QED) is 0.745. The van der Waals surface area contributed by atoms with Crippen LogP contribution in [-0.2, 0) is 9.53 Å². The van der Waals surface area contributed by atoms with Gasteiger partial charge >= 0.3 is 12.0 Å². The zero-order chi connectivity index (χ0) is 19.2. The molecule has 0 saturated heterocycles. The van der Waals surface area contributed by atoms with Crippen LogP contribution in [0.25, 0.3) is 11.1 Å². The molecule has 1 aliphatic rings. The molecular formula is C20H19ClN2O4. The van der Waals surface area contributed by atoms with Gasteiger partial charge in [-0.25, -0.2) is 9.59 Å². The van der Waals surface area contributed by atoms with Crippen LogP contribution in [0.3, 0.4) is 0 Å². The van der Waals surface area contributed by atoms with Gasteiger partial charge in [0.15, 0.2) is 0 Å².